The van der Waals surface area contributed by atoms with Crippen LogP contribution in [0.5, 0.6) is 5.75 Å². The molecular formula is C15H14N2O3. The molecule has 0 bridgehead atoms. The standard InChI is InChI=1S/C15H14N2O3/c18-15(19)12-10-11(6-7-16-12)17-8-3-9-20-14-5-2-1-4-13(14)17/h1-2,4-7,10H,3,8-9H2,(H,18,19). The number of carboxylic acid groups (broad SMARTS) is 1. The number of aromatic carboxylic acids is 1. The highest BCUT2D eigenvalue weighted by atomic mass is 16.5. The number of carbonyl (C=O) groups is 1. The van der Waals surface area contributed by atoms with Crippen LogP contribution in [-0.4, -0.2) is 29.2 Å². The van der Waals surface area contributed by atoms with Gasteiger partial charge in [0.05, 0.1) is 12.3 Å². The van der Waals surface area contributed by atoms with E-state index in [1.807, 2.05) is 30.3 Å². The summed E-state index contributed by atoms with van der Waals surface area (Å²) in [6, 6.07) is 11.2. The van der Waals surface area contributed by atoms with Crippen molar-refractivity contribution in [2.24, 2.45) is 0 Å². The Morgan fingerprint density at radius 3 is 3.00 bits per heavy atom. The number of benzene rings is 1. The highest BCUT2D eigenvalue weighted by molar-refractivity contribution is 5.87. The molecule has 0 aliphatic carbocycles. The Bertz CT molecular complexity index is 643. The molecule has 1 aromatic carbocycles. The summed E-state index contributed by atoms with van der Waals surface area (Å²) in [6.07, 6.45) is 2.40. The van der Waals surface area contributed by atoms with E-state index < -0.39 is 5.97 Å². The Hall–Kier alpha value is -2.56. The molecule has 1 aliphatic heterocycles. The zero-order valence-electron chi connectivity index (χ0n) is 10.8. The Balaban J connectivity index is 2.05. The summed E-state index contributed by atoms with van der Waals surface area (Å²) >= 11 is 0. The zero-order valence-corrected chi connectivity index (χ0v) is 10.8. The fourth-order valence-electron chi connectivity index (χ4n) is 2.30. The third-order valence-corrected chi connectivity index (χ3v) is 3.21. The number of hydrogen-bond donors (Lipinski definition) is 1. The quantitative estimate of drug-likeness (QED) is 0.909. The maximum Gasteiger partial charge on any atom is 0.354 e. The molecule has 20 heavy (non-hydrogen) atoms. The molecule has 1 N–H and O–H groups in total. The Morgan fingerprint density at radius 2 is 2.15 bits per heavy atom. The first-order valence-electron chi connectivity index (χ1n) is 6.44. The van der Waals surface area contributed by atoms with Gasteiger partial charge in [0.25, 0.3) is 0 Å². The minimum absolute atomic E-state index is 0.0464. The van der Waals surface area contributed by atoms with Crippen molar-refractivity contribution < 1.29 is 14.6 Å². The molecule has 5 heteroatoms. The maximum atomic E-state index is 11.0. The maximum absolute atomic E-state index is 11.0. The van der Waals surface area contributed by atoms with Crippen LogP contribution in [0.15, 0.2) is 42.6 Å². The van der Waals surface area contributed by atoms with E-state index in [4.69, 9.17) is 9.84 Å². The molecule has 1 aliphatic rings. The number of pyridine rings is 1. The summed E-state index contributed by atoms with van der Waals surface area (Å²) in [5.74, 6) is -0.204. The van der Waals surface area contributed by atoms with Gasteiger partial charge in [-0.1, -0.05) is 12.1 Å². The summed E-state index contributed by atoms with van der Waals surface area (Å²) in [5.41, 5.74) is 1.81. The number of carboxylic acids is 1. The van der Waals surface area contributed by atoms with Gasteiger partial charge in [-0.25, -0.2) is 9.78 Å². The number of anilines is 2. The van der Waals surface area contributed by atoms with E-state index >= 15 is 0 Å². The third-order valence-electron chi connectivity index (χ3n) is 3.21. The van der Waals surface area contributed by atoms with Crippen LogP contribution in [-0.2, 0) is 0 Å². The van der Waals surface area contributed by atoms with Gasteiger partial charge in [0.2, 0.25) is 0 Å². The second-order valence-corrected chi connectivity index (χ2v) is 4.53. The number of aromatic nitrogens is 1. The molecule has 0 fully saturated rings. The normalized spacial score (nSPS) is 14.1. The van der Waals surface area contributed by atoms with Gasteiger partial charge < -0.3 is 14.7 Å². The molecule has 1 aromatic heterocycles. The molecule has 0 spiro atoms. The molecule has 0 unspecified atom stereocenters. The van der Waals surface area contributed by atoms with E-state index in [0.29, 0.717) is 6.61 Å². The molecule has 0 radical (unpaired) electrons. The van der Waals surface area contributed by atoms with Crippen LogP contribution in [0.25, 0.3) is 0 Å². The molecule has 0 saturated carbocycles. The summed E-state index contributed by atoms with van der Waals surface area (Å²) in [5, 5.41) is 9.05. The lowest BCUT2D eigenvalue weighted by Crippen LogP contribution is -2.18. The zero-order chi connectivity index (χ0) is 13.9. The van der Waals surface area contributed by atoms with Crippen molar-refractivity contribution in [3.05, 3.63) is 48.3 Å². The smallest absolute Gasteiger partial charge is 0.354 e. The van der Waals surface area contributed by atoms with Crippen LogP contribution >= 0.6 is 0 Å². The minimum Gasteiger partial charge on any atom is -0.491 e. The Morgan fingerprint density at radius 1 is 1.30 bits per heavy atom. The Labute approximate surface area is 116 Å². The second-order valence-electron chi connectivity index (χ2n) is 4.53. The van der Waals surface area contributed by atoms with Gasteiger partial charge in [-0.15, -0.1) is 0 Å². The molecule has 2 heterocycles. The topological polar surface area (TPSA) is 62.7 Å². The van der Waals surface area contributed by atoms with E-state index in [9.17, 15) is 4.79 Å². The van der Waals surface area contributed by atoms with Gasteiger partial charge in [-0.05, 0) is 30.7 Å². The summed E-state index contributed by atoms with van der Waals surface area (Å²) in [6.45, 7) is 1.43. The van der Waals surface area contributed by atoms with E-state index in [-0.39, 0.29) is 5.69 Å². The first-order valence-corrected chi connectivity index (χ1v) is 6.44. The molecule has 2 aromatic rings. The first kappa shape index (κ1) is 12.5. The predicted molar refractivity (Wildman–Crippen MR) is 74.8 cm³/mol. The predicted octanol–water partition coefficient (Wildman–Crippen LogP) is 2.70. The molecule has 3 rings (SSSR count). The fraction of sp³-hybridized carbons (Fsp3) is 0.200. The van der Waals surface area contributed by atoms with Crippen LogP contribution in [0.4, 0.5) is 11.4 Å². The van der Waals surface area contributed by atoms with Gasteiger partial charge in [0.15, 0.2) is 0 Å². The lowest BCUT2D eigenvalue weighted by Gasteiger charge is -2.23. The summed E-state index contributed by atoms with van der Waals surface area (Å²) in [7, 11) is 0. The highest BCUT2D eigenvalue weighted by Crippen LogP contribution is 2.35. The van der Waals surface area contributed by atoms with Crippen molar-refractivity contribution in [1.82, 2.24) is 4.98 Å². The number of nitrogens with zero attached hydrogens (tertiary/aromatic N) is 2. The summed E-state index contributed by atoms with van der Waals surface area (Å²) < 4.78 is 5.70. The number of ether oxygens (including phenoxy) is 1. The fourth-order valence-corrected chi connectivity index (χ4v) is 2.30. The molecule has 0 saturated heterocycles. The molecule has 0 amide bonds. The van der Waals surface area contributed by atoms with Crippen LogP contribution < -0.4 is 9.64 Å². The van der Waals surface area contributed by atoms with Crippen LogP contribution in [0, 0.1) is 0 Å². The number of para-hydroxylation sites is 2. The highest BCUT2D eigenvalue weighted by Gasteiger charge is 2.18. The van der Waals surface area contributed by atoms with Crippen molar-refractivity contribution in [2.45, 2.75) is 6.42 Å². The van der Waals surface area contributed by atoms with Crippen molar-refractivity contribution in [2.75, 3.05) is 18.1 Å². The molecular weight excluding hydrogens is 256 g/mol. The van der Waals surface area contributed by atoms with Crippen LogP contribution in [0.2, 0.25) is 0 Å². The van der Waals surface area contributed by atoms with Gasteiger partial charge >= 0.3 is 5.97 Å². The Kier molecular flexibility index (Phi) is 3.25. The van der Waals surface area contributed by atoms with Crippen LogP contribution in [0.1, 0.15) is 16.9 Å². The van der Waals surface area contributed by atoms with Crippen molar-refractivity contribution in [3.63, 3.8) is 0 Å². The molecule has 102 valence electrons. The van der Waals surface area contributed by atoms with E-state index in [1.165, 1.54) is 6.20 Å². The van der Waals surface area contributed by atoms with E-state index in [1.54, 1.807) is 6.07 Å². The molecule has 0 atom stereocenters. The lowest BCUT2D eigenvalue weighted by atomic mass is 10.2. The van der Waals surface area contributed by atoms with Crippen molar-refractivity contribution >= 4 is 17.3 Å². The van der Waals surface area contributed by atoms with Gasteiger partial charge in [-0.2, -0.15) is 0 Å². The summed E-state index contributed by atoms with van der Waals surface area (Å²) in [4.78, 5) is 17.0. The average molecular weight is 270 g/mol. The van der Waals surface area contributed by atoms with Crippen molar-refractivity contribution in [3.8, 4) is 5.75 Å². The van der Waals surface area contributed by atoms with Gasteiger partial charge in [0.1, 0.15) is 11.4 Å². The number of rotatable bonds is 2. The van der Waals surface area contributed by atoms with Gasteiger partial charge in [0, 0.05) is 18.4 Å². The average Bonchev–Trinajstić information content (AvgIpc) is 2.69. The lowest BCUT2D eigenvalue weighted by molar-refractivity contribution is 0.0690. The second kappa shape index (κ2) is 5.21. The first-order chi connectivity index (χ1) is 9.75. The SMILES string of the molecule is O=C(O)c1cc(N2CCCOc3ccccc32)ccn1. The van der Waals surface area contributed by atoms with E-state index in [2.05, 4.69) is 9.88 Å². The van der Waals surface area contributed by atoms with Crippen molar-refractivity contribution in [1.29, 1.82) is 0 Å². The third kappa shape index (κ3) is 2.30. The monoisotopic (exact) mass is 270 g/mol. The minimum atomic E-state index is -1.02. The van der Waals surface area contributed by atoms with Crippen LogP contribution in [0.3, 0.4) is 0 Å². The largest absolute Gasteiger partial charge is 0.491 e. The molecule has 5 nitrogen and oxygen atoms in total. The van der Waals surface area contributed by atoms with E-state index in [0.717, 1.165) is 30.1 Å². The van der Waals surface area contributed by atoms with Gasteiger partial charge in [-0.3, -0.25) is 0 Å². The number of fused-ring (bicyclic) bond motifs is 1. The number of hydrogen-bond acceptors (Lipinski definition) is 4.